The molecule has 0 aliphatic heterocycles. The first-order valence-electron chi connectivity index (χ1n) is 9.30. The number of aryl methyl sites for hydroxylation is 2. The molecule has 7 heteroatoms. The van der Waals surface area contributed by atoms with E-state index < -0.39 is 0 Å². The molecule has 0 radical (unpaired) electrons. The molecule has 1 fully saturated rings. The molecule has 144 valence electrons. The summed E-state index contributed by atoms with van der Waals surface area (Å²) in [5.74, 6) is -0.195. The predicted molar refractivity (Wildman–Crippen MR) is 110 cm³/mol. The summed E-state index contributed by atoms with van der Waals surface area (Å²) >= 11 is 1.53. The van der Waals surface area contributed by atoms with Gasteiger partial charge in [0.2, 0.25) is 5.91 Å². The number of rotatable bonds is 6. The van der Waals surface area contributed by atoms with E-state index in [9.17, 15) is 9.59 Å². The second-order valence-electron chi connectivity index (χ2n) is 7.12. The molecule has 4 rings (SSSR count). The molecular weight excluding hydrogens is 372 g/mol. The lowest BCUT2D eigenvalue weighted by Crippen LogP contribution is -2.25. The second kappa shape index (κ2) is 7.59. The number of amides is 2. The smallest absolute Gasteiger partial charge is 0.251 e. The molecule has 1 aliphatic carbocycles. The van der Waals surface area contributed by atoms with Gasteiger partial charge in [-0.2, -0.15) is 0 Å². The topological polar surface area (TPSA) is 76.0 Å². The van der Waals surface area contributed by atoms with Crippen LogP contribution in [0.15, 0.2) is 41.8 Å². The lowest BCUT2D eigenvalue weighted by atomic mass is 10.2. The van der Waals surface area contributed by atoms with E-state index in [1.807, 2.05) is 19.2 Å². The Balaban J connectivity index is 1.36. The van der Waals surface area contributed by atoms with Crippen LogP contribution in [0.25, 0.3) is 5.13 Å². The normalized spacial score (nSPS) is 13.4. The molecule has 0 saturated heterocycles. The minimum Gasteiger partial charge on any atom is -0.349 e. The van der Waals surface area contributed by atoms with Gasteiger partial charge in [-0.05, 0) is 63.1 Å². The molecule has 0 unspecified atom stereocenters. The highest BCUT2D eigenvalue weighted by Gasteiger charge is 2.23. The van der Waals surface area contributed by atoms with Gasteiger partial charge >= 0.3 is 0 Å². The van der Waals surface area contributed by atoms with E-state index in [2.05, 4.69) is 32.3 Å². The fourth-order valence-corrected chi connectivity index (χ4v) is 3.96. The molecule has 0 atom stereocenters. The van der Waals surface area contributed by atoms with E-state index >= 15 is 0 Å². The van der Waals surface area contributed by atoms with Crippen molar-refractivity contribution < 1.29 is 9.59 Å². The molecule has 2 N–H and O–H groups in total. The van der Waals surface area contributed by atoms with Crippen LogP contribution in [0.3, 0.4) is 0 Å². The molecule has 0 bridgehead atoms. The summed E-state index contributed by atoms with van der Waals surface area (Å²) in [4.78, 5) is 29.0. The van der Waals surface area contributed by atoms with Crippen molar-refractivity contribution in [1.82, 2.24) is 14.9 Å². The molecule has 3 aromatic rings. The van der Waals surface area contributed by atoms with Gasteiger partial charge in [-0.15, -0.1) is 11.3 Å². The Morgan fingerprint density at radius 2 is 1.79 bits per heavy atom. The summed E-state index contributed by atoms with van der Waals surface area (Å²) in [6.07, 6.45) is 2.32. The number of nitrogens with one attached hydrogen (secondary N) is 2. The first-order valence-corrected chi connectivity index (χ1v) is 10.2. The third-order valence-corrected chi connectivity index (χ3v) is 5.56. The lowest BCUT2D eigenvalue weighted by molar-refractivity contribution is -0.115. The quantitative estimate of drug-likeness (QED) is 0.670. The van der Waals surface area contributed by atoms with Crippen molar-refractivity contribution in [3.8, 4) is 5.13 Å². The number of hydrogen-bond acceptors (Lipinski definition) is 4. The fraction of sp³-hybridized carbons (Fsp3) is 0.286. The minimum atomic E-state index is -0.131. The Morgan fingerprint density at radius 1 is 1.11 bits per heavy atom. The number of carbonyl (C=O) groups excluding carboxylic acids is 2. The summed E-state index contributed by atoms with van der Waals surface area (Å²) in [6.45, 7) is 4.07. The largest absolute Gasteiger partial charge is 0.349 e. The standard InChI is InChI=1S/C21H22N4O2S/c1-13-3-4-14(2)25(13)21-24-18(12-28-21)11-19(26)22-16-7-5-15(6-8-16)20(27)23-17-9-10-17/h3-8,12,17H,9-11H2,1-2H3,(H,22,26)(H,23,27). The van der Waals surface area contributed by atoms with E-state index in [4.69, 9.17) is 0 Å². The van der Waals surface area contributed by atoms with Gasteiger partial charge in [-0.3, -0.25) is 14.2 Å². The Morgan fingerprint density at radius 3 is 2.43 bits per heavy atom. The van der Waals surface area contributed by atoms with E-state index in [0.29, 0.717) is 17.3 Å². The molecule has 1 saturated carbocycles. The molecule has 0 spiro atoms. The van der Waals surface area contributed by atoms with Crippen LogP contribution in [0.1, 0.15) is 40.3 Å². The predicted octanol–water partition coefficient (Wildman–Crippen LogP) is 3.62. The van der Waals surface area contributed by atoms with Crippen LogP contribution in [0, 0.1) is 13.8 Å². The molecular formula is C21H22N4O2S. The van der Waals surface area contributed by atoms with E-state index in [0.717, 1.165) is 35.1 Å². The van der Waals surface area contributed by atoms with Crippen LogP contribution in [-0.2, 0) is 11.2 Å². The highest BCUT2D eigenvalue weighted by atomic mass is 32.1. The highest BCUT2D eigenvalue weighted by Crippen LogP contribution is 2.21. The number of carbonyl (C=O) groups is 2. The van der Waals surface area contributed by atoms with Crippen LogP contribution in [-0.4, -0.2) is 27.4 Å². The van der Waals surface area contributed by atoms with Crippen LogP contribution < -0.4 is 10.6 Å². The Labute approximate surface area is 167 Å². The van der Waals surface area contributed by atoms with Gasteiger partial charge in [0.25, 0.3) is 5.91 Å². The lowest BCUT2D eigenvalue weighted by Gasteiger charge is -2.07. The molecule has 2 heterocycles. The maximum absolute atomic E-state index is 12.4. The number of nitrogens with zero attached hydrogens (tertiary/aromatic N) is 2. The number of anilines is 1. The number of hydrogen-bond donors (Lipinski definition) is 2. The van der Waals surface area contributed by atoms with E-state index in [1.165, 1.54) is 11.3 Å². The van der Waals surface area contributed by atoms with E-state index in [-0.39, 0.29) is 18.2 Å². The van der Waals surface area contributed by atoms with Crippen molar-refractivity contribution in [3.05, 3.63) is 64.4 Å². The first kappa shape index (κ1) is 18.4. The zero-order valence-electron chi connectivity index (χ0n) is 15.9. The van der Waals surface area contributed by atoms with Gasteiger partial charge < -0.3 is 10.6 Å². The van der Waals surface area contributed by atoms with Crippen LogP contribution >= 0.6 is 11.3 Å². The number of benzene rings is 1. The Bertz CT molecular complexity index is 996. The fourth-order valence-electron chi connectivity index (χ4n) is 3.02. The Hall–Kier alpha value is -2.93. The zero-order chi connectivity index (χ0) is 19.7. The monoisotopic (exact) mass is 394 g/mol. The zero-order valence-corrected chi connectivity index (χ0v) is 16.7. The maximum atomic E-state index is 12.4. The molecule has 6 nitrogen and oxygen atoms in total. The minimum absolute atomic E-state index is 0.0639. The molecule has 1 aliphatic rings. The number of aromatic nitrogens is 2. The second-order valence-corrected chi connectivity index (χ2v) is 7.96. The van der Waals surface area contributed by atoms with Crippen molar-refractivity contribution in [2.45, 2.75) is 39.2 Å². The van der Waals surface area contributed by atoms with Gasteiger partial charge in [0, 0.05) is 34.1 Å². The van der Waals surface area contributed by atoms with Gasteiger partial charge in [-0.1, -0.05) is 0 Å². The van der Waals surface area contributed by atoms with Gasteiger partial charge in [0.1, 0.15) is 0 Å². The van der Waals surface area contributed by atoms with Gasteiger partial charge in [0.15, 0.2) is 5.13 Å². The maximum Gasteiger partial charge on any atom is 0.251 e. The first-order chi connectivity index (χ1) is 13.5. The van der Waals surface area contributed by atoms with E-state index in [1.54, 1.807) is 24.3 Å². The van der Waals surface area contributed by atoms with Crippen LogP contribution in [0.4, 0.5) is 5.69 Å². The summed E-state index contributed by atoms with van der Waals surface area (Å²) in [5, 5.41) is 8.60. The van der Waals surface area contributed by atoms with Crippen molar-refractivity contribution in [3.63, 3.8) is 0 Å². The van der Waals surface area contributed by atoms with Gasteiger partial charge in [0.05, 0.1) is 12.1 Å². The van der Waals surface area contributed by atoms with Crippen molar-refractivity contribution in [2.24, 2.45) is 0 Å². The summed E-state index contributed by atoms with van der Waals surface area (Å²) in [6, 6.07) is 11.4. The molecule has 1 aromatic carbocycles. The summed E-state index contributed by atoms with van der Waals surface area (Å²) < 4.78 is 2.08. The third-order valence-electron chi connectivity index (χ3n) is 4.69. The van der Waals surface area contributed by atoms with Crippen molar-refractivity contribution >= 4 is 28.8 Å². The molecule has 2 amide bonds. The van der Waals surface area contributed by atoms with Crippen LogP contribution in [0.5, 0.6) is 0 Å². The molecule has 28 heavy (non-hydrogen) atoms. The third kappa shape index (κ3) is 4.14. The molecule has 2 aromatic heterocycles. The van der Waals surface area contributed by atoms with Gasteiger partial charge in [-0.25, -0.2) is 4.98 Å². The van der Waals surface area contributed by atoms with Crippen molar-refractivity contribution in [2.75, 3.05) is 5.32 Å². The van der Waals surface area contributed by atoms with Crippen molar-refractivity contribution in [1.29, 1.82) is 0 Å². The summed E-state index contributed by atoms with van der Waals surface area (Å²) in [5.41, 5.74) is 4.25. The highest BCUT2D eigenvalue weighted by molar-refractivity contribution is 7.12. The van der Waals surface area contributed by atoms with Crippen LogP contribution in [0.2, 0.25) is 0 Å². The number of thiazole rings is 1. The average molecular weight is 395 g/mol. The Kier molecular flexibility index (Phi) is 5.00. The summed E-state index contributed by atoms with van der Waals surface area (Å²) in [7, 11) is 0. The SMILES string of the molecule is Cc1ccc(C)n1-c1nc(CC(=O)Nc2ccc(C(=O)NC3CC3)cc2)cs1. The average Bonchev–Trinajstić information content (AvgIpc) is 3.26.